The third-order valence-electron chi connectivity index (χ3n) is 3.96. The Kier molecular flexibility index (Phi) is 5.60. The fraction of sp³-hybridized carbons (Fsp3) is 0.158. The van der Waals surface area contributed by atoms with E-state index in [4.69, 9.17) is 25.6 Å². The van der Waals surface area contributed by atoms with Gasteiger partial charge in [0.1, 0.15) is 18.1 Å². The van der Waals surface area contributed by atoms with Crippen LogP contribution in [0.5, 0.6) is 11.5 Å². The van der Waals surface area contributed by atoms with E-state index in [0.29, 0.717) is 22.8 Å². The normalized spacial score (nSPS) is 10.5. The topological polar surface area (TPSA) is 105 Å². The largest absolute Gasteiger partial charge is 0.457 e. The molecule has 9 heteroatoms. The lowest BCUT2D eigenvalue weighted by atomic mass is 10.2. The highest BCUT2D eigenvalue weighted by atomic mass is 35.5. The van der Waals surface area contributed by atoms with Gasteiger partial charge in [0.25, 0.3) is 0 Å². The minimum absolute atomic E-state index is 0.0446. The number of hydrogen-bond acceptors (Lipinski definition) is 7. The number of esters is 1. The fourth-order valence-electron chi connectivity index (χ4n) is 2.43. The van der Waals surface area contributed by atoms with E-state index >= 15 is 0 Å². The molecule has 1 heterocycles. The highest BCUT2D eigenvalue weighted by molar-refractivity contribution is 6.30. The van der Waals surface area contributed by atoms with E-state index in [-0.39, 0.29) is 23.1 Å². The maximum absolute atomic E-state index is 12.2. The number of aromatic nitrogens is 1. The molecule has 0 fully saturated rings. The molecule has 0 bridgehead atoms. The van der Waals surface area contributed by atoms with Crippen molar-refractivity contribution in [1.29, 1.82) is 0 Å². The van der Waals surface area contributed by atoms with Gasteiger partial charge >= 0.3 is 11.7 Å². The van der Waals surface area contributed by atoms with Crippen LogP contribution in [-0.4, -0.2) is 16.0 Å². The second-order valence-corrected chi connectivity index (χ2v) is 6.31. The van der Waals surface area contributed by atoms with Crippen LogP contribution in [0.15, 0.2) is 47.0 Å². The maximum atomic E-state index is 12.2. The number of nitrogens with zero attached hydrogens (tertiary/aromatic N) is 2. The molecule has 0 spiro atoms. The average Bonchev–Trinajstić information content (AvgIpc) is 2.99. The van der Waals surface area contributed by atoms with Crippen LogP contribution in [0.2, 0.25) is 5.02 Å². The fourth-order valence-corrected chi connectivity index (χ4v) is 2.60. The lowest BCUT2D eigenvalue weighted by Gasteiger charge is -2.08. The second kappa shape index (κ2) is 8.10. The van der Waals surface area contributed by atoms with E-state index in [1.54, 1.807) is 13.8 Å². The number of nitro groups is 1. The van der Waals surface area contributed by atoms with Crippen molar-refractivity contribution in [3.63, 3.8) is 0 Å². The quantitative estimate of drug-likeness (QED) is 0.324. The first-order chi connectivity index (χ1) is 13.3. The Hall–Kier alpha value is -3.39. The molecule has 3 rings (SSSR count). The number of aryl methyl sites for hydroxylation is 2. The van der Waals surface area contributed by atoms with E-state index in [0.717, 1.165) is 5.56 Å². The zero-order chi connectivity index (χ0) is 20.3. The van der Waals surface area contributed by atoms with E-state index in [1.165, 1.54) is 42.5 Å². The van der Waals surface area contributed by atoms with Gasteiger partial charge in [-0.25, -0.2) is 4.79 Å². The lowest BCUT2D eigenvalue weighted by molar-refractivity contribution is -0.385. The number of nitro benzene ring substituents is 1. The molecular weight excluding hydrogens is 388 g/mol. The molecule has 0 saturated carbocycles. The summed E-state index contributed by atoms with van der Waals surface area (Å²) in [6.45, 7) is 3.56. The van der Waals surface area contributed by atoms with Crippen molar-refractivity contribution < 1.29 is 23.7 Å². The summed E-state index contributed by atoms with van der Waals surface area (Å²) in [6.07, 6.45) is 0. The first-order valence-corrected chi connectivity index (χ1v) is 8.53. The number of carbonyl (C=O) groups is 1. The molecule has 28 heavy (non-hydrogen) atoms. The van der Waals surface area contributed by atoms with Gasteiger partial charge in [-0.05, 0) is 50.2 Å². The molecule has 0 atom stereocenters. The standard InChI is InChI=1S/C19H15ClN2O6/c1-11-16(12(2)28-21-11)10-26-19(23)13-3-6-15(7-4-13)27-18-8-5-14(20)9-17(18)22(24)25/h3-9H,10H2,1-2H3. The van der Waals surface area contributed by atoms with Crippen molar-refractivity contribution in [2.45, 2.75) is 20.5 Å². The summed E-state index contributed by atoms with van der Waals surface area (Å²) < 4.78 is 15.8. The summed E-state index contributed by atoms with van der Waals surface area (Å²) in [6, 6.07) is 10.2. The van der Waals surface area contributed by atoms with Gasteiger partial charge < -0.3 is 14.0 Å². The van der Waals surface area contributed by atoms with Crippen LogP contribution < -0.4 is 4.74 Å². The predicted molar refractivity (Wildman–Crippen MR) is 99.7 cm³/mol. The van der Waals surface area contributed by atoms with Gasteiger partial charge in [0.2, 0.25) is 5.75 Å². The van der Waals surface area contributed by atoms with Gasteiger partial charge in [0.05, 0.1) is 21.7 Å². The number of hydrogen-bond donors (Lipinski definition) is 0. The molecule has 8 nitrogen and oxygen atoms in total. The smallest absolute Gasteiger partial charge is 0.338 e. The number of benzene rings is 2. The second-order valence-electron chi connectivity index (χ2n) is 5.87. The van der Waals surface area contributed by atoms with Crippen LogP contribution in [0.25, 0.3) is 0 Å². The van der Waals surface area contributed by atoms with E-state index in [9.17, 15) is 14.9 Å². The molecule has 0 aliphatic rings. The Labute approximate surface area is 164 Å². The predicted octanol–water partition coefficient (Wildman–Crippen LogP) is 5.00. The first kappa shape index (κ1) is 19.4. The van der Waals surface area contributed by atoms with Crippen molar-refractivity contribution in [3.8, 4) is 11.5 Å². The highest BCUT2D eigenvalue weighted by Gasteiger charge is 2.17. The average molecular weight is 403 g/mol. The van der Waals surface area contributed by atoms with Crippen molar-refractivity contribution in [2.75, 3.05) is 0 Å². The molecule has 0 aliphatic heterocycles. The zero-order valence-corrected chi connectivity index (χ0v) is 15.7. The number of halogens is 1. The zero-order valence-electron chi connectivity index (χ0n) is 15.0. The first-order valence-electron chi connectivity index (χ1n) is 8.16. The van der Waals surface area contributed by atoms with Gasteiger partial charge in [0, 0.05) is 11.1 Å². The van der Waals surface area contributed by atoms with Crippen molar-refractivity contribution in [3.05, 3.63) is 80.2 Å². The Balaban J connectivity index is 1.68. The monoisotopic (exact) mass is 402 g/mol. The van der Waals surface area contributed by atoms with Crippen LogP contribution in [0.3, 0.4) is 0 Å². The molecule has 0 saturated heterocycles. The van der Waals surface area contributed by atoms with Gasteiger partial charge in [-0.3, -0.25) is 10.1 Å². The molecule has 1 aromatic heterocycles. The molecule has 0 amide bonds. The SMILES string of the molecule is Cc1noc(C)c1COC(=O)c1ccc(Oc2ccc(Cl)cc2[N+](=O)[O-])cc1. The van der Waals surface area contributed by atoms with E-state index in [1.807, 2.05) is 0 Å². The molecule has 144 valence electrons. The third kappa shape index (κ3) is 4.29. The summed E-state index contributed by atoms with van der Waals surface area (Å²) in [4.78, 5) is 22.7. The van der Waals surface area contributed by atoms with Crippen LogP contribution in [0, 0.1) is 24.0 Å². The summed E-state index contributed by atoms with van der Waals surface area (Å²) in [5, 5.41) is 15.2. The highest BCUT2D eigenvalue weighted by Crippen LogP contribution is 2.33. The molecule has 3 aromatic rings. The van der Waals surface area contributed by atoms with E-state index in [2.05, 4.69) is 5.16 Å². The third-order valence-corrected chi connectivity index (χ3v) is 4.20. The summed E-state index contributed by atoms with van der Waals surface area (Å²) in [5.41, 5.74) is 1.45. The minimum atomic E-state index is -0.582. The molecule has 0 radical (unpaired) electrons. The van der Waals surface area contributed by atoms with Crippen molar-refractivity contribution >= 4 is 23.3 Å². The Morgan fingerprint density at radius 1 is 1.21 bits per heavy atom. The van der Waals surface area contributed by atoms with Crippen LogP contribution in [-0.2, 0) is 11.3 Å². The van der Waals surface area contributed by atoms with Crippen LogP contribution in [0.4, 0.5) is 5.69 Å². The summed E-state index contributed by atoms with van der Waals surface area (Å²) >= 11 is 5.78. The lowest BCUT2D eigenvalue weighted by Crippen LogP contribution is -2.06. The van der Waals surface area contributed by atoms with Gasteiger partial charge in [-0.1, -0.05) is 16.8 Å². The minimum Gasteiger partial charge on any atom is -0.457 e. The molecule has 0 N–H and O–H groups in total. The van der Waals surface area contributed by atoms with E-state index < -0.39 is 10.9 Å². The van der Waals surface area contributed by atoms with Crippen LogP contribution >= 0.6 is 11.6 Å². The van der Waals surface area contributed by atoms with Crippen LogP contribution in [0.1, 0.15) is 27.4 Å². The molecule has 2 aromatic carbocycles. The Morgan fingerprint density at radius 3 is 2.54 bits per heavy atom. The number of rotatable bonds is 6. The van der Waals surface area contributed by atoms with Crippen molar-refractivity contribution in [1.82, 2.24) is 5.16 Å². The Bertz CT molecular complexity index is 1010. The molecule has 0 unspecified atom stereocenters. The summed E-state index contributed by atoms with van der Waals surface area (Å²) in [7, 11) is 0. The maximum Gasteiger partial charge on any atom is 0.338 e. The molecule has 0 aliphatic carbocycles. The van der Waals surface area contributed by atoms with Gasteiger partial charge in [-0.2, -0.15) is 0 Å². The molecular formula is C19H15ClN2O6. The summed E-state index contributed by atoms with van der Waals surface area (Å²) in [5.74, 6) is 0.443. The number of ether oxygens (including phenoxy) is 2. The van der Waals surface area contributed by atoms with Gasteiger partial charge in [0.15, 0.2) is 0 Å². The number of carbonyl (C=O) groups excluding carboxylic acids is 1. The van der Waals surface area contributed by atoms with Crippen molar-refractivity contribution in [2.24, 2.45) is 0 Å². The Morgan fingerprint density at radius 2 is 1.93 bits per heavy atom. The van der Waals surface area contributed by atoms with Gasteiger partial charge in [-0.15, -0.1) is 0 Å².